The summed E-state index contributed by atoms with van der Waals surface area (Å²) in [6.45, 7) is 11.9. The van der Waals surface area contributed by atoms with E-state index in [0.29, 0.717) is 18.3 Å². The third-order valence-electron chi connectivity index (χ3n) is 4.45. The first-order chi connectivity index (χ1) is 12.0. The Morgan fingerprint density at radius 3 is 2.48 bits per heavy atom. The number of rotatable bonds is 5. The quantitative estimate of drug-likeness (QED) is 0.759. The van der Waals surface area contributed by atoms with Gasteiger partial charge < -0.3 is 18.6 Å². The molecule has 3 rings (SSSR count). The lowest BCUT2D eigenvalue weighted by Gasteiger charge is -2.33. The fourth-order valence-electron chi connectivity index (χ4n) is 2.95. The van der Waals surface area contributed by atoms with Gasteiger partial charge >= 0.3 is 5.97 Å². The molecule has 0 radical (unpaired) electrons. The van der Waals surface area contributed by atoms with Crippen LogP contribution in [0.5, 0.6) is 0 Å². The highest BCUT2D eigenvalue weighted by Crippen LogP contribution is 2.22. The van der Waals surface area contributed by atoms with Crippen LogP contribution >= 0.6 is 0 Å². The number of piperazine rings is 1. The molecule has 0 aromatic carbocycles. The molecule has 0 amide bonds. The van der Waals surface area contributed by atoms with Crippen molar-refractivity contribution in [1.29, 1.82) is 0 Å². The van der Waals surface area contributed by atoms with E-state index in [-0.39, 0.29) is 5.76 Å². The molecule has 1 aliphatic rings. The van der Waals surface area contributed by atoms with Crippen LogP contribution < -0.4 is 4.90 Å². The molecule has 1 fully saturated rings. The van der Waals surface area contributed by atoms with Crippen LogP contribution in [0.1, 0.15) is 40.2 Å². The maximum absolute atomic E-state index is 11.9. The average Bonchev–Trinajstić information content (AvgIpc) is 3.13. The molecule has 136 valence electrons. The molecule has 0 atom stereocenters. The average molecular weight is 348 g/mol. The van der Waals surface area contributed by atoms with E-state index < -0.39 is 5.97 Å². The van der Waals surface area contributed by atoms with Crippen LogP contribution in [-0.4, -0.2) is 53.8 Å². The number of aromatic nitrogens is 2. The molecule has 8 heteroatoms. The summed E-state index contributed by atoms with van der Waals surface area (Å²) in [5, 5.41) is 4.01. The lowest BCUT2D eigenvalue weighted by Crippen LogP contribution is -2.46. The van der Waals surface area contributed by atoms with Crippen LogP contribution in [-0.2, 0) is 11.3 Å². The van der Waals surface area contributed by atoms with Gasteiger partial charge in [0.15, 0.2) is 0 Å². The Morgan fingerprint density at radius 1 is 1.16 bits per heavy atom. The van der Waals surface area contributed by atoms with E-state index in [2.05, 4.69) is 19.9 Å². The van der Waals surface area contributed by atoms with Crippen LogP contribution in [0.4, 0.5) is 6.01 Å². The number of nitrogens with zero attached hydrogens (tertiary/aromatic N) is 4. The Labute approximate surface area is 146 Å². The topological polar surface area (TPSA) is 84.8 Å². The zero-order valence-corrected chi connectivity index (χ0v) is 15.2. The number of esters is 1. The van der Waals surface area contributed by atoms with Crippen molar-refractivity contribution in [2.45, 2.75) is 34.2 Å². The van der Waals surface area contributed by atoms with Crippen molar-refractivity contribution in [2.24, 2.45) is 0 Å². The van der Waals surface area contributed by atoms with Gasteiger partial charge in [0.1, 0.15) is 5.76 Å². The Hall–Kier alpha value is -2.35. The summed E-state index contributed by atoms with van der Waals surface area (Å²) in [5.41, 5.74) is 2.67. The Morgan fingerprint density at radius 2 is 1.88 bits per heavy atom. The van der Waals surface area contributed by atoms with Crippen LogP contribution in [0.3, 0.4) is 0 Å². The minimum absolute atomic E-state index is 0.190. The maximum Gasteiger partial charge on any atom is 0.376 e. The van der Waals surface area contributed by atoms with Gasteiger partial charge in [-0.2, -0.15) is 4.98 Å². The molecule has 0 N–H and O–H groups in total. The second kappa shape index (κ2) is 7.26. The van der Waals surface area contributed by atoms with Crippen LogP contribution in [0.2, 0.25) is 0 Å². The third kappa shape index (κ3) is 3.68. The highest BCUT2D eigenvalue weighted by molar-refractivity contribution is 5.87. The lowest BCUT2D eigenvalue weighted by atomic mass is 10.2. The lowest BCUT2D eigenvalue weighted by molar-refractivity contribution is 0.0489. The largest absolute Gasteiger partial charge is 0.460 e. The van der Waals surface area contributed by atoms with Crippen molar-refractivity contribution < 1.29 is 18.5 Å². The fraction of sp³-hybridized carbons (Fsp3) is 0.588. The van der Waals surface area contributed by atoms with E-state index in [1.165, 1.54) is 0 Å². The van der Waals surface area contributed by atoms with E-state index in [1.54, 1.807) is 13.8 Å². The molecule has 0 bridgehead atoms. The molecule has 0 aliphatic carbocycles. The number of hydrogen-bond acceptors (Lipinski definition) is 8. The summed E-state index contributed by atoms with van der Waals surface area (Å²) in [7, 11) is 0. The van der Waals surface area contributed by atoms with Gasteiger partial charge in [0, 0.05) is 38.3 Å². The van der Waals surface area contributed by atoms with Crippen molar-refractivity contribution >= 4 is 12.0 Å². The van der Waals surface area contributed by atoms with E-state index >= 15 is 0 Å². The molecule has 1 aliphatic heterocycles. The van der Waals surface area contributed by atoms with Crippen molar-refractivity contribution in [3.63, 3.8) is 0 Å². The molecule has 2 aromatic heterocycles. The summed E-state index contributed by atoms with van der Waals surface area (Å²) in [6.07, 6.45) is 0. The number of anilines is 1. The van der Waals surface area contributed by atoms with E-state index in [1.807, 2.05) is 13.8 Å². The third-order valence-corrected chi connectivity index (χ3v) is 4.45. The molecular formula is C17H24N4O4. The highest BCUT2D eigenvalue weighted by atomic mass is 16.5. The van der Waals surface area contributed by atoms with Crippen LogP contribution in [0.25, 0.3) is 0 Å². The molecule has 1 saturated heterocycles. The summed E-state index contributed by atoms with van der Waals surface area (Å²) >= 11 is 0. The van der Waals surface area contributed by atoms with Crippen molar-refractivity contribution in [2.75, 3.05) is 37.7 Å². The summed E-state index contributed by atoms with van der Waals surface area (Å²) < 4.78 is 15.9. The van der Waals surface area contributed by atoms with Crippen LogP contribution in [0, 0.1) is 20.8 Å². The first-order valence-electron chi connectivity index (χ1n) is 8.53. The number of oxazole rings is 1. The van der Waals surface area contributed by atoms with E-state index in [4.69, 9.17) is 13.7 Å². The standard InChI is InChI=1S/C17H24N4O4/c1-5-23-16(22)15-12(3)18-17(24-15)21-8-6-20(7-9-21)10-14-11(2)19-25-13(14)4/h5-10H2,1-4H3. The van der Waals surface area contributed by atoms with Crippen molar-refractivity contribution in [3.05, 3.63) is 28.5 Å². The summed E-state index contributed by atoms with van der Waals surface area (Å²) in [5.74, 6) is 0.605. The molecule has 0 unspecified atom stereocenters. The summed E-state index contributed by atoms with van der Waals surface area (Å²) in [6, 6.07) is 0.484. The van der Waals surface area contributed by atoms with E-state index in [9.17, 15) is 4.79 Å². The van der Waals surface area contributed by atoms with Crippen molar-refractivity contribution in [1.82, 2.24) is 15.0 Å². The van der Waals surface area contributed by atoms with Gasteiger partial charge in [-0.1, -0.05) is 5.16 Å². The molecule has 2 aromatic rings. The maximum atomic E-state index is 11.9. The monoisotopic (exact) mass is 348 g/mol. The smallest absolute Gasteiger partial charge is 0.376 e. The predicted molar refractivity (Wildman–Crippen MR) is 90.7 cm³/mol. The van der Waals surface area contributed by atoms with Gasteiger partial charge in [0.2, 0.25) is 5.76 Å². The molecular weight excluding hydrogens is 324 g/mol. The normalized spacial score (nSPS) is 15.6. The van der Waals surface area contributed by atoms with Gasteiger partial charge in [0.25, 0.3) is 6.01 Å². The van der Waals surface area contributed by atoms with E-state index in [0.717, 1.165) is 49.7 Å². The van der Waals surface area contributed by atoms with Crippen molar-refractivity contribution in [3.8, 4) is 0 Å². The van der Waals surface area contributed by atoms with Gasteiger partial charge in [-0.25, -0.2) is 4.79 Å². The first-order valence-corrected chi connectivity index (χ1v) is 8.53. The summed E-state index contributed by atoms with van der Waals surface area (Å²) in [4.78, 5) is 20.6. The Bertz CT molecular complexity index is 724. The second-order valence-electron chi connectivity index (χ2n) is 6.20. The number of hydrogen-bond donors (Lipinski definition) is 0. The number of carbonyl (C=O) groups is 1. The molecule has 0 spiro atoms. The minimum atomic E-state index is -0.462. The second-order valence-corrected chi connectivity index (χ2v) is 6.20. The Balaban J connectivity index is 1.61. The number of ether oxygens (including phenoxy) is 1. The van der Waals surface area contributed by atoms with Gasteiger partial charge in [0.05, 0.1) is 18.0 Å². The van der Waals surface area contributed by atoms with Gasteiger partial charge in [-0.3, -0.25) is 4.90 Å². The molecule has 8 nitrogen and oxygen atoms in total. The molecule has 0 saturated carbocycles. The SMILES string of the molecule is CCOC(=O)c1oc(N2CCN(Cc3c(C)noc3C)CC2)nc1C. The van der Waals surface area contributed by atoms with Gasteiger partial charge in [-0.15, -0.1) is 0 Å². The Kier molecular flexibility index (Phi) is 5.08. The fourth-order valence-corrected chi connectivity index (χ4v) is 2.95. The van der Waals surface area contributed by atoms with Crippen LogP contribution in [0.15, 0.2) is 8.94 Å². The number of aryl methyl sites for hydroxylation is 3. The molecule has 3 heterocycles. The minimum Gasteiger partial charge on any atom is -0.460 e. The zero-order valence-electron chi connectivity index (χ0n) is 15.2. The van der Waals surface area contributed by atoms with Gasteiger partial charge in [-0.05, 0) is 27.7 Å². The predicted octanol–water partition coefficient (Wildman–Crippen LogP) is 2.09. The zero-order chi connectivity index (χ0) is 18.0. The first kappa shape index (κ1) is 17.5. The highest BCUT2D eigenvalue weighted by Gasteiger charge is 2.25. The number of carbonyl (C=O) groups excluding carboxylic acids is 1. The molecule has 25 heavy (non-hydrogen) atoms.